The number of carbonyl (C=O) groups excluding carboxylic acids is 1. The first-order valence-corrected chi connectivity index (χ1v) is 8.93. The molecule has 3 rings (SSSR count). The maximum Gasteiger partial charge on any atom is 0.313 e. The number of carbonyl (C=O) groups is 2. The van der Waals surface area contributed by atoms with Crippen molar-refractivity contribution < 1.29 is 19.1 Å². The van der Waals surface area contributed by atoms with E-state index in [4.69, 9.17) is 0 Å². The maximum absolute atomic E-state index is 13.0. The average molecular weight is 363 g/mol. The highest BCUT2D eigenvalue weighted by molar-refractivity contribution is 5.82. The number of fused-ring (bicyclic) bond motifs is 1. The fourth-order valence-electron chi connectivity index (χ4n) is 4.25. The van der Waals surface area contributed by atoms with E-state index < -0.39 is 11.4 Å². The zero-order valence-corrected chi connectivity index (χ0v) is 15.3. The minimum absolute atomic E-state index is 0.0163. The molecule has 0 aromatic heterocycles. The third kappa shape index (κ3) is 3.73. The first-order chi connectivity index (χ1) is 12.3. The summed E-state index contributed by atoms with van der Waals surface area (Å²) in [6.07, 6.45) is 0.804. The third-order valence-corrected chi connectivity index (χ3v) is 5.66. The molecule has 0 bridgehead atoms. The monoisotopic (exact) mass is 363 g/mol. The van der Waals surface area contributed by atoms with Gasteiger partial charge in [0.2, 0.25) is 5.91 Å². The number of halogens is 1. The predicted octanol–water partition coefficient (Wildman–Crippen LogP) is 1.12. The fraction of sp³-hybridized carbons (Fsp3) is 0.579. The van der Waals surface area contributed by atoms with Crippen molar-refractivity contribution in [2.75, 3.05) is 46.8 Å². The number of likely N-dealkylation sites (N-methyl/N-ethyl adjacent to an activating group) is 1. The Balaban J connectivity index is 1.61. The van der Waals surface area contributed by atoms with Crippen LogP contribution < -0.4 is 0 Å². The Morgan fingerprint density at radius 1 is 1.31 bits per heavy atom. The van der Waals surface area contributed by atoms with Crippen LogP contribution in [0.2, 0.25) is 0 Å². The first-order valence-electron chi connectivity index (χ1n) is 8.93. The van der Waals surface area contributed by atoms with E-state index in [0.717, 1.165) is 18.5 Å². The van der Waals surface area contributed by atoms with E-state index in [9.17, 15) is 19.1 Å². The molecule has 2 fully saturated rings. The van der Waals surface area contributed by atoms with Crippen LogP contribution in [-0.4, -0.2) is 78.5 Å². The summed E-state index contributed by atoms with van der Waals surface area (Å²) in [5.74, 6) is -1.12. The summed E-state index contributed by atoms with van der Waals surface area (Å²) in [5, 5.41) is 9.81. The molecule has 2 aliphatic rings. The molecule has 0 radical (unpaired) electrons. The molecule has 142 valence electrons. The van der Waals surface area contributed by atoms with Crippen molar-refractivity contribution in [3.8, 4) is 0 Å². The van der Waals surface area contributed by atoms with Gasteiger partial charge < -0.3 is 14.9 Å². The van der Waals surface area contributed by atoms with Gasteiger partial charge in [0.15, 0.2) is 0 Å². The molecule has 2 saturated heterocycles. The fourth-order valence-corrected chi connectivity index (χ4v) is 4.25. The number of carboxylic acid groups (broad SMARTS) is 1. The van der Waals surface area contributed by atoms with Gasteiger partial charge in [0.1, 0.15) is 11.2 Å². The Bertz CT molecular complexity index is 681. The molecule has 1 aromatic rings. The van der Waals surface area contributed by atoms with Crippen LogP contribution in [0.15, 0.2) is 24.3 Å². The number of benzene rings is 1. The summed E-state index contributed by atoms with van der Waals surface area (Å²) in [5.41, 5.74) is 0.0819. The molecule has 1 aromatic carbocycles. The summed E-state index contributed by atoms with van der Waals surface area (Å²) < 4.78 is 13.0. The minimum atomic E-state index is -0.849. The van der Waals surface area contributed by atoms with Crippen molar-refractivity contribution in [3.63, 3.8) is 0 Å². The number of piperidine rings is 1. The molecule has 0 spiro atoms. The Labute approximate surface area is 153 Å². The Kier molecular flexibility index (Phi) is 5.29. The van der Waals surface area contributed by atoms with Crippen molar-refractivity contribution in [1.82, 2.24) is 14.7 Å². The number of aliphatic carboxylic acids is 1. The van der Waals surface area contributed by atoms with Crippen LogP contribution in [0.3, 0.4) is 0 Å². The number of rotatable bonds is 5. The normalized spacial score (nSPS) is 26.2. The van der Waals surface area contributed by atoms with Crippen molar-refractivity contribution in [3.05, 3.63) is 35.6 Å². The van der Waals surface area contributed by atoms with Crippen LogP contribution in [-0.2, 0) is 16.1 Å². The molecule has 0 aliphatic carbocycles. The summed E-state index contributed by atoms with van der Waals surface area (Å²) in [6, 6.07) is 6.22. The number of carboxylic acids is 1. The second-order valence-corrected chi connectivity index (χ2v) is 7.76. The van der Waals surface area contributed by atoms with E-state index in [0.29, 0.717) is 19.6 Å². The highest BCUT2D eigenvalue weighted by Crippen LogP contribution is 2.42. The van der Waals surface area contributed by atoms with Gasteiger partial charge in [0.05, 0.1) is 6.54 Å². The highest BCUT2D eigenvalue weighted by atomic mass is 19.1. The van der Waals surface area contributed by atoms with Gasteiger partial charge in [-0.1, -0.05) is 12.1 Å². The second kappa shape index (κ2) is 7.32. The molecule has 2 heterocycles. The number of nitrogens with zero attached hydrogens (tertiary/aromatic N) is 3. The van der Waals surface area contributed by atoms with E-state index >= 15 is 0 Å². The van der Waals surface area contributed by atoms with Gasteiger partial charge >= 0.3 is 5.97 Å². The van der Waals surface area contributed by atoms with Crippen LogP contribution >= 0.6 is 0 Å². The van der Waals surface area contributed by atoms with Crippen LogP contribution in [0.5, 0.6) is 0 Å². The van der Waals surface area contributed by atoms with Crippen molar-refractivity contribution in [1.29, 1.82) is 0 Å². The number of hydrogen-bond acceptors (Lipinski definition) is 4. The smallest absolute Gasteiger partial charge is 0.313 e. The lowest BCUT2D eigenvalue weighted by molar-refractivity contribution is -0.154. The lowest BCUT2D eigenvalue weighted by Gasteiger charge is -2.39. The lowest BCUT2D eigenvalue weighted by atomic mass is 9.73. The largest absolute Gasteiger partial charge is 0.481 e. The van der Waals surface area contributed by atoms with Crippen LogP contribution in [0.4, 0.5) is 4.39 Å². The molecule has 26 heavy (non-hydrogen) atoms. The molecule has 7 heteroatoms. The van der Waals surface area contributed by atoms with Crippen LogP contribution in [0.25, 0.3) is 0 Å². The van der Waals surface area contributed by atoms with Crippen LogP contribution in [0.1, 0.15) is 12.0 Å². The molecule has 1 amide bonds. The predicted molar refractivity (Wildman–Crippen MR) is 95.0 cm³/mol. The average Bonchev–Trinajstić information content (AvgIpc) is 2.97. The van der Waals surface area contributed by atoms with Crippen LogP contribution in [0, 0.1) is 17.2 Å². The van der Waals surface area contributed by atoms with Gasteiger partial charge in [-0.25, -0.2) is 4.39 Å². The molecule has 6 nitrogen and oxygen atoms in total. The van der Waals surface area contributed by atoms with E-state index in [2.05, 4.69) is 0 Å². The number of hydrogen-bond donors (Lipinski definition) is 1. The Morgan fingerprint density at radius 2 is 2.00 bits per heavy atom. The zero-order valence-electron chi connectivity index (χ0n) is 15.3. The Morgan fingerprint density at radius 3 is 2.65 bits per heavy atom. The molecule has 0 unspecified atom stereocenters. The molecular formula is C19H26FN3O3. The van der Waals surface area contributed by atoms with Gasteiger partial charge in [0.25, 0.3) is 0 Å². The van der Waals surface area contributed by atoms with Crippen molar-refractivity contribution >= 4 is 11.9 Å². The highest BCUT2D eigenvalue weighted by Gasteiger charge is 2.55. The molecule has 0 saturated carbocycles. The van der Waals surface area contributed by atoms with E-state index in [-0.39, 0.29) is 30.7 Å². The van der Waals surface area contributed by atoms with E-state index in [1.165, 1.54) is 12.1 Å². The first kappa shape index (κ1) is 18.8. The Hall–Kier alpha value is -1.99. The van der Waals surface area contributed by atoms with Gasteiger partial charge in [0, 0.05) is 26.2 Å². The lowest BCUT2D eigenvalue weighted by Crippen LogP contribution is -2.52. The van der Waals surface area contributed by atoms with E-state index in [1.54, 1.807) is 17.0 Å². The van der Waals surface area contributed by atoms with Gasteiger partial charge in [-0.3, -0.25) is 14.5 Å². The van der Waals surface area contributed by atoms with Gasteiger partial charge in [-0.2, -0.15) is 0 Å². The third-order valence-electron chi connectivity index (χ3n) is 5.66. The summed E-state index contributed by atoms with van der Waals surface area (Å²) in [7, 11) is 3.77. The van der Waals surface area contributed by atoms with Crippen molar-refractivity contribution in [2.45, 2.75) is 13.0 Å². The topological polar surface area (TPSA) is 64.1 Å². The number of amides is 1. The molecular weight excluding hydrogens is 337 g/mol. The quantitative estimate of drug-likeness (QED) is 0.850. The standard InChI is InChI=1S/C19H26FN3O3/c1-21-8-7-15-10-23(13-19(15,12-21)18(25)26)17(24)11-22(2)9-14-3-5-16(20)6-4-14/h3-6,15H,7-13H2,1-2H3,(H,25,26)/t15-,19-/m1/s1. The summed E-state index contributed by atoms with van der Waals surface area (Å²) >= 11 is 0. The van der Waals surface area contributed by atoms with Gasteiger partial charge in [-0.05, 0) is 50.7 Å². The van der Waals surface area contributed by atoms with E-state index in [1.807, 2.05) is 23.9 Å². The maximum atomic E-state index is 13.0. The second-order valence-electron chi connectivity index (χ2n) is 7.76. The zero-order chi connectivity index (χ0) is 18.9. The summed E-state index contributed by atoms with van der Waals surface area (Å²) in [6.45, 7) is 2.91. The molecule has 2 atom stereocenters. The van der Waals surface area contributed by atoms with Crippen molar-refractivity contribution in [2.24, 2.45) is 11.3 Å². The molecule has 2 aliphatic heterocycles. The molecule has 1 N–H and O–H groups in total. The summed E-state index contributed by atoms with van der Waals surface area (Å²) in [4.78, 5) is 30.3. The number of likely N-dealkylation sites (tertiary alicyclic amines) is 2. The SMILES string of the molecule is CN(CC(=O)N1C[C@H]2CCN(C)C[C@@]2(C(=O)O)C1)Cc1ccc(F)cc1. The van der Waals surface area contributed by atoms with Gasteiger partial charge in [-0.15, -0.1) is 0 Å². The minimum Gasteiger partial charge on any atom is -0.481 e.